The van der Waals surface area contributed by atoms with Gasteiger partial charge in [0.25, 0.3) is 0 Å². The zero-order chi connectivity index (χ0) is 16.0. The average Bonchev–Trinajstić information content (AvgIpc) is 2.56. The fraction of sp³-hybridized carbons (Fsp3) is 0.667. The van der Waals surface area contributed by atoms with E-state index < -0.39 is 0 Å². The van der Waals surface area contributed by atoms with Gasteiger partial charge in [0, 0.05) is 12.3 Å². The van der Waals surface area contributed by atoms with E-state index in [1.165, 1.54) is 56.9 Å². The standard InChI is InChI=1S/C21H34O/c1-3-5-6-7-8-9-10-14-17-20(21(22)4-2)18-19-15-12-11-13-16-19/h11-13,15-16,20H,3-10,14,17-18H2,1-2H3/t20-/m1/s1. The summed E-state index contributed by atoms with van der Waals surface area (Å²) in [6, 6.07) is 10.5. The lowest BCUT2D eigenvalue weighted by atomic mass is 9.89. The minimum absolute atomic E-state index is 0.229. The molecule has 1 heteroatoms. The third-order valence-electron chi connectivity index (χ3n) is 4.53. The van der Waals surface area contributed by atoms with Crippen LogP contribution in [0.3, 0.4) is 0 Å². The molecule has 0 amide bonds. The van der Waals surface area contributed by atoms with Crippen molar-refractivity contribution < 1.29 is 4.79 Å². The van der Waals surface area contributed by atoms with Crippen LogP contribution in [0.4, 0.5) is 0 Å². The molecule has 0 saturated heterocycles. The molecule has 0 aliphatic carbocycles. The van der Waals surface area contributed by atoms with Crippen molar-refractivity contribution in [2.45, 2.75) is 84.5 Å². The number of carbonyl (C=O) groups excluding carboxylic acids is 1. The Morgan fingerprint density at radius 2 is 1.45 bits per heavy atom. The summed E-state index contributed by atoms with van der Waals surface area (Å²) >= 11 is 0. The number of unbranched alkanes of at least 4 members (excludes halogenated alkanes) is 7. The number of Topliss-reactive ketones (excluding diaryl/α,β-unsaturated/α-hetero) is 1. The average molecular weight is 303 g/mol. The van der Waals surface area contributed by atoms with Crippen molar-refractivity contribution in [3.05, 3.63) is 35.9 Å². The first kappa shape index (κ1) is 18.9. The molecular weight excluding hydrogens is 268 g/mol. The van der Waals surface area contributed by atoms with E-state index in [-0.39, 0.29) is 5.92 Å². The zero-order valence-corrected chi connectivity index (χ0v) is 14.7. The smallest absolute Gasteiger partial charge is 0.136 e. The first-order valence-corrected chi connectivity index (χ1v) is 9.34. The summed E-state index contributed by atoms with van der Waals surface area (Å²) in [6.07, 6.45) is 13.3. The van der Waals surface area contributed by atoms with Gasteiger partial charge in [-0.05, 0) is 18.4 Å². The molecule has 0 N–H and O–H groups in total. The Labute approximate surface area is 137 Å². The molecule has 0 heterocycles. The van der Waals surface area contributed by atoms with Crippen LogP contribution in [0.15, 0.2) is 30.3 Å². The number of carbonyl (C=O) groups is 1. The van der Waals surface area contributed by atoms with Crippen LogP contribution >= 0.6 is 0 Å². The Morgan fingerprint density at radius 1 is 0.864 bits per heavy atom. The van der Waals surface area contributed by atoms with E-state index in [0.717, 1.165) is 12.8 Å². The van der Waals surface area contributed by atoms with Gasteiger partial charge in [-0.15, -0.1) is 0 Å². The topological polar surface area (TPSA) is 17.1 Å². The lowest BCUT2D eigenvalue weighted by Gasteiger charge is -2.15. The molecule has 1 rings (SSSR count). The van der Waals surface area contributed by atoms with E-state index in [1.807, 2.05) is 13.0 Å². The maximum Gasteiger partial charge on any atom is 0.136 e. The van der Waals surface area contributed by atoms with Gasteiger partial charge in [-0.3, -0.25) is 4.79 Å². The third-order valence-corrected chi connectivity index (χ3v) is 4.53. The Kier molecular flexibility index (Phi) is 10.7. The summed E-state index contributed by atoms with van der Waals surface area (Å²) in [5, 5.41) is 0. The number of benzene rings is 1. The first-order chi connectivity index (χ1) is 10.8. The molecule has 0 bridgehead atoms. The van der Waals surface area contributed by atoms with Crippen LogP contribution < -0.4 is 0 Å². The quantitative estimate of drug-likeness (QED) is 0.388. The summed E-state index contributed by atoms with van der Waals surface area (Å²) in [7, 11) is 0. The van der Waals surface area contributed by atoms with E-state index in [1.54, 1.807) is 0 Å². The van der Waals surface area contributed by atoms with Crippen molar-refractivity contribution >= 4 is 5.78 Å². The highest BCUT2D eigenvalue weighted by molar-refractivity contribution is 5.80. The van der Waals surface area contributed by atoms with Gasteiger partial charge in [0.2, 0.25) is 0 Å². The first-order valence-electron chi connectivity index (χ1n) is 9.34. The van der Waals surface area contributed by atoms with Gasteiger partial charge in [0.15, 0.2) is 0 Å². The van der Waals surface area contributed by atoms with Crippen LogP contribution in [0.5, 0.6) is 0 Å². The Morgan fingerprint density at radius 3 is 2.05 bits per heavy atom. The normalized spacial score (nSPS) is 12.3. The second-order valence-electron chi connectivity index (χ2n) is 6.47. The van der Waals surface area contributed by atoms with Gasteiger partial charge in [0.1, 0.15) is 5.78 Å². The number of hydrogen-bond acceptors (Lipinski definition) is 1. The molecule has 0 unspecified atom stereocenters. The predicted molar refractivity (Wildman–Crippen MR) is 96.2 cm³/mol. The monoisotopic (exact) mass is 302 g/mol. The van der Waals surface area contributed by atoms with E-state index >= 15 is 0 Å². The van der Waals surface area contributed by atoms with Crippen LogP contribution in [0.25, 0.3) is 0 Å². The molecule has 0 fully saturated rings. The fourth-order valence-corrected chi connectivity index (χ4v) is 3.09. The maximum absolute atomic E-state index is 12.2. The van der Waals surface area contributed by atoms with Gasteiger partial charge >= 0.3 is 0 Å². The van der Waals surface area contributed by atoms with Crippen LogP contribution in [-0.4, -0.2) is 5.78 Å². The Balaban J connectivity index is 2.23. The highest BCUT2D eigenvalue weighted by Gasteiger charge is 2.16. The van der Waals surface area contributed by atoms with Crippen molar-refractivity contribution in [2.24, 2.45) is 5.92 Å². The van der Waals surface area contributed by atoms with Crippen molar-refractivity contribution in [1.29, 1.82) is 0 Å². The van der Waals surface area contributed by atoms with E-state index in [2.05, 4.69) is 31.2 Å². The van der Waals surface area contributed by atoms with Crippen LogP contribution in [0, 0.1) is 5.92 Å². The van der Waals surface area contributed by atoms with Gasteiger partial charge in [-0.25, -0.2) is 0 Å². The molecule has 0 saturated carbocycles. The van der Waals surface area contributed by atoms with Crippen molar-refractivity contribution in [2.75, 3.05) is 0 Å². The largest absolute Gasteiger partial charge is 0.299 e. The van der Waals surface area contributed by atoms with Crippen LogP contribution in [0.1, 0.15) is 83.6 Å². The van der Waals surface area contributed by atoms with Crippen molar-refractivity contribution in [1.82, 2.24) is 0 Å². The summed E-state index contributed by atoms with van der Waals surface area (Å²) in [5.74, 6) is 0.666. The van der Waals surface area contributed by atoms with Crippen molar-refractivity contribution in [3.63, 3.8) is 0 Å². The minimum atomic E-state index is 0.229. The molecule has 1 aromatic carbocycles. The molecule has 0 aliphatic heterocycles. The second-order valence-corrected chi connectivity index (χ2v) is 6.47. The second kappa shape index (κ2) is 12.4. The SMILES string of the molecule is CCCCCCCCCC[C@H](Cc1ccccc1)C(=O)CC. The molecule has 1 aromatic rings. The molecule has 0 spiro atoms. The Hall–Kier alpha value is -1.11. The summed E-state index contributed by atoms with van der Waals surface area (Å²) in [5.41, 5.74) is 1.30. The van der Waals surface area contributed by atoms with Gasteiger partial charge in [-0.2, -0.15) is 0 Å². The van der Waals surface area contributed by atoms with E-state index in [4.69, 9.17) is 0 Å². The molecule has 0 radical (unpaired) electrons. The fourth-order valence-electron chi connectivity index (χ4n) is 3.09. The van der Waals surface area contributed by atoms with Crippen LogP contribution in [0.2, 0.25) is 0 Å². The molecule has 0 aromatic heterocycles. The summed E-state index contributed by atoms with van der Waals surface area (Å²) in [4.78, 5) is 12.2. The predicted octanol–water partition coefficient (Wildman–Crippen LogP) is 6.36. The van der Waals surface area contributed by atoms with Crippen LogP contribution in [-0.2, 0) is 11.2 Å². The lowest BCUT2D eigenvalue weighted by Crippen LogP contribution is -2.16. The zero-order valence-electron chi connectivity index (χ0n) is 14.7. The summed E-state index contributed by atoms with van der Waals surface area (Å²) in [6.45, 7) is 4.26. The minimum Gasteiger partial charge on any atom is -0.299 e. The lowest BCUT2D eigenvalue weighted by molar-refractivity contribution is -0.122. The molecule has 1 atom stereocenters. The molecular formula is C21H34O. The molecule has 124 valence electrons. The van der Waals surface area contributed by atoms with E-state index in [9.17, 15) is 4.79 Å². The highest BCUT2D eigenvalue weighted by atomic mass is 16.1. The third kappa shape index (κ3) is 8.36. The highest BCUT2D eigenvalue weighted by Crippen LogP contribution is 2.19. The molecule has 1 nitrogen and oxygen atoms in total. The molecule has 22 heavy (non-hydrogen) atoms. The number of ketones is 1. The number of hydrogen-bond donors (Lipinski definition) is 0. The van der Waals surface area contributed by atoms with Gasteiger partial charge < -0.3 is 0 Å². The van der Waals surface area contributed by atoms with Crippen molar-refractivity contribution in [3.8, 4) is 0 Å². The van der Waals surface area contributed by atoms with Gasteiger partial charge in [0.05, 0.1) is 0 Å². The molecule has 0 aliphatic rings. The Bertz CT molecular complexity index is 382. The van der Waals surface area contributed by atoms with Gasteiger partial charge in [-0.1, -0.05) is 95.5 Å². The van der Waals surface area contributed by atoms with E-state index in [0.29, 0.717) is 12.2 Å². The summed E-state index contributed by atoms with van der Waals surface area (Å²) < 4.78 is 0. The maximum atomic E-state index is 12.2. The number of rotatable bonds is 13.